The number of thioether (sulfide) groups is 1. The van der Waals surface area contributed by atoms with Crippen LogP contribution in [-0.4, -0.2) is 57.1 Å². The number of ether oxygens (including phenoxy) is 1. The number of Topliss-reactive ketones (excluding diaryl/α,β-unsaturated/α-hetero) is 1. The lowest BCUT2D eigenvalue weighted by Crippen LogP contribution is -2.29. The molecule has 0 radical (unpaired) electrons. The lowest BCUT2D eigenvalue weighted by molar-refractivity contribution is -0.274. The first-order valence-corrected chi connectivity index (χ1v) is 13.1. The molecule has 0 aliphatic carbocycles. The van der Waals surface area contributed by atoms with Crippen LogP contribution in [0.3, 0.4) is 0 Å². The molecule has 2 heterocycles. The van der Waals surface area contributed by atoms with Crippen molar-refractivity contribution in [1.29, 1.82) is 0 Å². The van der Waals surface area contributed by atoms with Crippen LogP contribution in [0.2, 0.25) is 0 Å². The summed E-state index contributed by atoms with van der Waals surface area (Å²) in [5, 5.41) is 5.35. The first-order chi connectivity index (χ1) is 18.3. The van der Waals surface area contributed by atoms with Gasteiger partial charge < -0.3 is 9.64 Å². The Labute approximate surface area is 224 Å². The van der Waals surface area contributed by atoms with Gasteiger partial charge in [0, 0.05) is 54.5 Å². The Kier molecular flexibility index (Phi) is 8.48. The first-order valence-electron chi connectivity index (χ1n) is 12.1. The van der Waals surface area contributed by atoms with Crippen LogP contribution >= 0.6 is 11.8 Å². The maximum Gasteiger partial charge on any atom is 0.573 e. The van der Waals surface area contributed by atoms with Crippen LogP contribution in [0.4, 0.5) is 26.3 Å². The Morgan fingerprint density at radius 3 is 2.46 bits per heavy atom. The molecule has 4 rings (SSSR count). The molecule has 3 aromatic rings. The number of carbonyl (C=O) groups is 2. The minimum atomic E-state index is -4.81. The van der Waals surface area contributed by atoms with Gasteiger partial charge >= 0.3 is 11.9 Å². The summed E-state index contributed by atoms with van der Waals surface area (Å²) in [6, 6.07) is 8.17. The van der Waals surface area contributed by atoms with Gasteiger partial charge in [0.05, 0.1) is 5.52 Å². The summed E-state index contributed by atoms with van der Waals surface area (Å²) < 4.78 is 79.6. The highest BCUT2D eigenvalue weighted by molar-refractivity contribution is 8.00. The predicted molar refractivity (Wildman–Crippen MR) is 134 cm³/mol. The molecule has 0 spiro atoms. The van der Waals surface area contributed by atoms with E-state index < -0.39 is 17.6 Å². The van der Waals surface area contributed by atoms with Crippen molar-refractivity contribution in [3.05, 3.63) is 59.3 Å². The zero-order chi connectivity index (χ0) is 28.4. The van der Waals surface area contributed by atoms with Crippen LogP contribution in [-0.2, 0) is 6.54 Å². The van der Waals surface area contributed by atoms with Gasteiger partial charge in [-0.1, -0.05) is 11.8 Å². The van der Waals surface area contributed by atoms with E-state index in [-0.39, 0.29) is 53.5 Å². The maximum atomic E-state index is 12.8. The molecule has 0 saturated carbocycles. The van der Waals surface area contributed by atoms with Gasteiger partial charge in [0.1, 0.15) is 5.75 Å². The van der Waals surface area contributed by atoms with E-state index in [1.165, 1.54) is 12.1 Å². The van der Waals surface area contributed by atoms with Crippen LogP contribution in [0.5, 0.6) is 5.75 Å². The highest BCUT2D eigenvalue weighted by atomic mass is 32.2. The number of alkyl halides is 6. The van der Waals surface area contributed by atoms with Crippen LogP contribution in [0.25, 0.3) is 10.9 Å². The van der Waals surface area contributed by atoms with Gasteiger partial charge in [0.25, 0.3) is 5.91 Å². The Balaban J connectivity index is 1.35. The fourth-order valence-electron chi connectivity index (χ4n) is 4.64. The fraction of sp³-hybridized carbons (Fsp3) is 0.423. The molecule has 0 bridgehead atoms. The van der Waals surface area contributed by atoms with Crippen molar-refractivity contribution in [3.8, 4) is 5.75 Å². The number of aromatic nitrogens is 2. The third-order valence-electron chi connectivity index (χ3n) is 6.47. The molecule has 1 amide bonds. The predicted octanol–water partition coefficient (Wildman–Crippen LogP) is 6.62. The molecular weight excluding hydrogens is 548 g/mol. The number of likely N-dealkylation sites (tertiary alicyclic amines) is 1. The molecule has 210 valence electrons. The number of carbonyl (C=O) groups excluding carboxylic acids is 2. The number of rotatable bonds is 9. The Morgan fingerprint density at radius 1 is 1.08 bits per heavy atom. The molecular formula is C26H25F6N3O3S. The van der Waals surface area contributed by atoms with Crippen LogP contribution in [0.15, 0.2) is 42.6 Å². The summed E-state index contributed by atoms with van der Waals surface area (Å²) in [7, 11) is 0. The summed E-state index contributed by atoms with van der Waals surface area (Å²) in [5.41, 5.74) is -2.18. The van der Waals surface area contributed by atoms with Gasteiger partial charge in [0.15, 0.2) is 5.78 Å². The van der Waals surface area contributed by atoms with E-state index in [1.54, 1.807) is 28.6 Å². The number of halogens is 6. The number of hydrogen-bond acceptors (Lipinski definition) is 5. The van der Waals surface area contributed by atoms with E-state index in [1.807, 2.05) is 6.20 Å². The number of ketones is 1. The fourth-order valence-corrected chi connectivity index (χ4v) is 5.16. The second kappa shape index (κ2) is 11.5. The van der Waals surface area contributed by atoms with Crippen LogP contribution in [0.1, 0.15) is 45.5 Å². The molecule has 1 aromatic heterocycles. The maximum absolute atomic E-state index is 12.8. The lowest BCUT2D eigenvalue weighted by atomic mass is 9.99. The van der Waals surface area contributed by atoms with Gasteiger partial charge in [-0.15, -0.1) is 13.2 Å². The molecule has 1 aliphatic rings. The second-order valence-electron chi connectivity index (χ2n) is 9.32. The monoisotopic (exact) mass is 573 g/mol. The Hall–Kier alpha value is -3.22. The number of nitrogens with zero attached hydrogens (tertiary/aromatic N) is 3. The molecule has 0 N–H and O–H groups in total. The molecule has 1 saturated heterocycles. The van der Waals surface area contributed by atoms with E-state index in [0.717, 1.165) is 23.9 Å². The Morgan fingerprint density at radius 2 is 1.79 bits per heavy atom. The third kappa shape index (κ3) is 7.68. The number of benzene rings is 2. The highest BCUT2D eigenvalue weighted by Crippen LogP contribution is 2.31. The topological polar surface area (TPSA) is 64.4 Å². The standard InChI is InChI=1S/C26H25F6N3O3S/c1-16-20(23(36)3-2-12-39-26(30,31)32)8-9-22-21(16)15-35(33-22)14-17-10-11-34(13-17)24(37)18-4-6-19(7-5-18)38-25(27,28)29/h4-9,15,17H,2-3,10-14H2,1H3/t17-/m1/s1. The van der Waals surface area contributed by atoms with E-state index in [9.17, 15) is 35.9 Å². The number of fused-ring (bicyclic) bond motifs is 1. The zero-order valence-electron chi connectivity index (χ0n) is 20.8. The minimum absolute atomic E-state index is 0.0214. The van der Waals surface area contributed by atoms with Crippen molar-refractivity contribution in [3.63, 3.8) is 0 Å². The smallest absolute Gasteiger partial charge is 0.406 e. The molecule has 0 unspecified atom stereocenters. The average molecular weight is 574 g/mol. The van der Waals surface area contributed by atoms with Crippen LogP contribution < -0.4 is 4.74 Å². The van der Waals surface area contributed by atoms with Crippen molar-refractivity contribution < 1.29 is 40.7 Å². The van der Waals surface area contributed by atoms with Gasteiger partial charge in [-0.2, -0.15) is 18.3 Å². The van der Waals surface area contributed by atoms with Gasteiger partial charge in [-0.3, -0.25) is 14.3 Å². The second-order valence-corrected chi connectivity index (χ2v) is 10.5. The molecule has 1 aliphatic heterocycles. The number of aryl methyl sites for hydroxylation is 1. The van der Waals surface area contributed by atoms with E-state index in [0.29, 0.717) is 36.3 Å². The van der Waals surface area contributed by atoms with Crippen molar-refractivity contribution >= 4 is 34.4 Å². The van der Waals surface area contributed by atoms with E-state index >= 15 is 0 Å². The first kappa shape index (κ1) is 28.8. The molecule has 1 atom stereocenters. The molecule has 1 fully saturated rings. The summed E-state index contributed by atoms with van der Waals surface area (Å²) in [6.45, 7) is 3.26. The van der Waals surface area contributed by atoms with E-state index in [2.05, 4.69) is 9.84 Å². The minimum Gasteiger partial charge on any atom is -0.406 e. The van der Waals surface area contributed by atoms with Crippen LogP contribution in [0, 0.1) is 12.8 Å². The summed E-state index contributed by atoms with van der Waals surface area (Å²) >= 11 is -0.134. The molecule has 39 heavy (non-hydrogen) atoms. The van der Waals surface area contributed by atoms with Gasteiger partial charge in [-0.25, -0.2) is 0 Å². The highest BCUT2D eigenvalue weighted by Gasteiger charge is 2.32. The number of hydrogen-bond donors (Lipinski definition) is 0. The molecule has 6 nitrogen and oxygen atoms in total. The van der Waals surface area contributed by atoms with Gasteiger partial charge in [0.2, 0.25) is 0 Å². The van der Waals surface area contributed by atoms with Crippen molar-refractivity contribution in [2.45, 2.75) is 44.6 Å². The lowest BCUT2D eigenvalue weighted by Gasteiger charge is -2.17. The van der Waals surface area contributed by atoms with Gasteiger partial charge in [-0.05, 0) is 67.6 Å². The van der Waals surface area contributed by atoms with Crippen molar-refractivity contribution in [1.82, 2.24) is 14.7 Å². The van der Waals surface area contributed by atoms with E-state index in [4.69, 9.17) is 0 Å². The molecule has 2 aromatic carbocycles. The normalized spacial score (nSPS) is 16.2. The Bertz CT molecular complexity index is 1340. The van der Waals surface area contributed by atoms with Crippen molar-refractivity contribution in [2.24, 2.45) is 5.92 Å². The number of amides is 1. The molecule has 13 heteroatoms. The summed E-state index contributed by atoms with van der Waals surface area (Å²) in [4.78, 5) is 27.1. The SMILES string of the molecule is Cc1c(C(=O)CCCSC(F)(F)F)ccc2nn(C[C@@H]3CCN(C(=O)c4ccc(OC(F)(F)F)cc4)C3)cc12. The third-order valence-corrected chi connectivity index (χ3v) is 7.29. The summed E-state index contributed by atoms with van der Waals surface area (Å²) in [5.74, 6) is -0.969. The quantitative estimate of drug-likeness (QED) is 0.164. The summed E-state index contributed by atoms with van der Waals surface area (Å²) in [6.07, 6.45) is -2.12. The van der Waals surface area contributed by atoms with Crippen molar-refractivity contribution in [2.75, 3.05) is 18.8 Å². The zero-order valence-corrected chi connectivity index (χ0v) is 21.6. The largest absolute Gasteiger partial charge is 0.573 e. The average Bonchev–Trinajstić information content (AvgIpc) is 3.48.